The lowest BCUT2D eigenvalue weighted by molar-refractivity contribution is 0.291. The van der Waals surface area contributed by atoms with Crippen molar-refractivity contribution in [1.29, 1.82) is 0 Å². The van der Waals surface area contributed by atoms with Crippen LogP contribution in [0.25, 0.3) is 0 Å². The van der Waals surface area contributed by atoms with E-state index < -0.39 is 10.0 Å². The highest BCUT2D eigenvalue weighted by Gasteiger charge is 2.35. The molecule has 164 valence electrons. The molecule has 3 rings (SSSR count). The zero-order valence-electron chi connectivity index (χ0n) is 17.8. The molecule has 0 atom stereocenters. The maximum absolute atomic E-state index is 12.3. The number of rotatable bonds is 7. The largest absolute Gasteiger partial charge is 0.355 e. The fraction of sp³-hybridized carbons (Fsp3) is 0.762. The number of nitrogens with one attached hydrogen (secondary N) is 2. The highest BCUT2D eigenvalue weighted by atomic mass is 32.2. The molecule has 0 radical (unpaired) electrons. The molecular formula is C21H36N4O2S2. The van der Waals surface area contributed by atoms with E-state index in [1.54, 1.807) is 4.31 Å². The zero-order chi connectivity index (χ0) is 20.7. The van der Waals surface area contributed by atoms with Gasteiger partial charge in [0.1, 0.15) is 0 Å². The van der Waals surface area contributed by atoms with Gasteiger partial charge in [-0.2, -0.15) is 0 Å². The summed E-state index contributed by atoms with van der Waals surface area (Å²) < 4.78 is 26.2. The molecule has 0 unspecified atom stereocenters. The minimum absolute atomic E-state index is 0.210. The van der Waals surface area contributed by atoms with Gasteiger partial charge in [0.05, 0.1) is 5.75 Å². The average molecular weight is 441 g/mol. The third-order valence-electron chi connectivity index (χ3n) is 6.32. The first-order valence-corrected chi connectivity index (χ1v) is 13.5. The predicted molar refractivity (Wildman–Crippen MR) is 122 cm³/mol. The third-order valence-corrected chi connectivity index (χ3v) is 9.51. The van der Waals surface area contributed by atoms with Crippen molar-refractivity contribution in [3.05, 3.63) is 22.4 Å². The van der Waals surface area contributed by atoms with Gasteiger partial charge < -0.3 is 10.6 Å². The molecule has 6 nitrogen and oxygen atoms in total. The van der Waals surface area contributed by atoms with Crippen LogP contribution in [0.3, 0.4) is 0 Å². The molecule has 1 saturated heterocycles. The van der Waals surface area contributed by atoms with Crippen LogP contribution in [0.1, 0.15) is 63.2 Å². The summed E-state index contributed by atoms with van der Waals surface area (Å²) in [4.78, 5) is 5.92. The Hall–Kier alpha value is -1.12. The molecule has 2 N–H and O–H groups in total. The van der Waals surface area contributed by atoms with Gasteiger partial charge in [0, 0.05) is 43.0 Å². The second kappa shape index (κ2) is 10.3. The van der Waals surface area contributed by atoms with Gasteiger partial charge in [0.25, 0.3) is 0 Å². The van der Waals surface area contributed by atoms with Gasteiger partial charge in [-0.25, -0.2) is 12.7 Å². The standard InChI is InChI=1S/C21H36N4O2S2/c1-3-16-29(26,27)25-13-9-18(10-14-25)24-20(22-2)23-17-21(11-5-4-6-12-21)19-8-7-15-28-19/h7-8,15,18H,3-6,9-14,16-17H2,1-2H3,(H2,22,23,24). The highest BCUT2D eigenvalue weighted by molar-refractivity contribution is 7.89. The van der Waals surface area contributed by atoms with E-state index in [9.17, 15) is 8.42 Å². The zero-order valence-corrected chi connectivity index (χ0v) is 19.5. The monoisotopic (exact) mass is 440 g/mol. The van der Waals surface area contributed by atoms with Crippen molar-refractivity contribution < 1.29 is 8.42 Å². The summed E-state index contributed by atoms with van der Waals surface area (Å²) in [6.07, 6.45) is 8.67. The van der Waals surface area contributed by atoms with Crippen LogP contribution >= 0.6 is 11.3 Å². The molecule has 0 aromatic carbocycles. The fourth-order valence-electron chi connectivity index (χ4n) is 4.63. The molecule has 2 heterocycles. The summed E-state index contributed by atoms with van der Waals surface area (Å²) in [6.45, 7) is 4.00. The number of guanidine groups is 1. The van der Waals surface area contributed by atoms with E-state index in [1.165, 1.54) is 37.0 Å². The summed E-state index contributed by atoms with van der Waals surface area (Å²) in [5, 5.41) is 9.30. The summed E-state index contributed by atoms with van der Waals surface area (Å²) in [6, 6.07) is 4.70. The van der Waals surface area contributed by atoms with Gasteiger partial charge in [-0.1, -0.05) is 32.3 Å². The molecule has 0 amide bonds. The fourth-order valence-corrected chi connectivity index (χ4v) is 7.15. The van der Waals surface area contributed by atoms with Gasteiger partial charge in [-0.3, -0.25) is 4.99 Å². The number of hydrogen-bond acceptors (Lipinski definition) is 4. The highest BCUT2D eigenvalue weighted by Crippen LogP contribution is 2.41. The van der Waals surface area contributed by atoms with Crippen molar-refractivity contribution in [3.63, 3.8) is 0 Å². The van der Waals surface area contributed by atoms with Crippen LogP contribution < -0.4 is 10.6 Å². The Morgan fingerprint density at radius 1 is 1.28 bits per heavy atom. The molecule has 0 spiro atoms. The Labute approximate surface area is 180 Å². The molecule has 1 aromatic heterocycles. The van der Waals surface area contributed by atoms with E-state index in [0.29, 0.717) is 19.5 Å². The van der Waals surface area contributed by atoms with Crippen LogP contribution in [0.2, 0.25) is 0 Å². The van der Waals surface area contributed by atoms with Gasteiger partial charge in [-0.15, -0.1) is 11.3 Å². The van der Waals surface area contributed by atoms with Crippen molar-refractivity contribution in [1.82, 2.24) is 14.9 Å². The van der Waals surface area contributed by atoms with Crippen molar-refractivity contribution >= 4 is 27.3 Å². The quantitative estimate of drug-likeness (QED) is 0.504. The molecule has 29 heavy (non-hydrogen) atoms. The van der Waals surface area contributed by atoms with E-state index in [2.05, 4.69) is 33.1 Å². The Morgan fingerprint density at radius 2 is 2.00 bits per heavy atom. The van der Waals surface area contributed by atoms with Crippen molar-refractivity contribution in [2.75, 3.05) is 32.4 Å². The van der Waals surface area contributed by atoms with Gasteiger partial charge in [0.15, 0.2) is 5.96 Å². The summed E-state index contributed by atoms with van der Waals surface area (Å²) in [5.74, 6) is 1.08. The Bertz CT molecular complexity index is 748. The molecule has 1 aliphatic heterocycles. The number of sulfonamides is 1. The van der Waals surface area contributed by atoms with Crippen molar-refractivity contribution in [2.45, 2.75) is 69.7 Å². The van der Waals surface area contributed by atoms with Crippen molar-refractivity contribution in [2.24, 2.45) is 4.99 Å². The van der Waals surface area contributed by atoms with Crippen molar-refractivity contribution in [3.8, 4) is 0 Å². The Morgan fingerprint density at radius 3 is 2.59 bits per heavy atom. The third kappa shape index (κ3) is 5.73. The average Bonchev–Trinajstić information content (AvgIpc) is 3.28. The number of hydrogen-bond donors (Lipinski definition) is 2. The smallest absolute Gasteiger partial charge is 0.214 e. The molecule has 1 aromatic rings. The van der Waals surface area contributed by atoms with Gasteiger partial charge in [-0.05, 0) is 43.6 Å². The first kappa shape index (κ1) is 22.6. The summed E-state index contributed by atoms with van der Waals surface area (Å²) >= 11 is 1.87. The molecule has 2 fully saturated rings. The summed E-state index contributed by atoms with van der Waals surface area (Å²) in [7, 11) is -1.27. The lowest BCUT2D eigenvalue weighted by Crippen LogP contribution is -2.52. The number of aliphatic imine (C=N–C) groups is 1. The SMILES string of the molecule is CCCS(=O)(=O)N1CCC(NC(=NC)NCC2(c3cccs3)CCCCC2)CC1. The van der Waals surface area contributed by atoms with Crippen LogP contribution in [0.15, 0.2) is 22.5 Å². The van der Waals surface area contributed by atoms with Crippen LogP contribution in [0, 0.1) is 0 Å². The Balaban J connectivity index is 1.53. The minimum atomic E-state index is -3.09. The van der Waals surface area contributed by atoms with Gasteiger partial charge in [0.2, 0.25) is 10.0 Å². The number of thiophene rings is 1. The van der Waals surface area contributed by atoms with Crippen LogP contribution in [0.4, 0.5) is 0 Å². The second-order valence-electron chi connectivity index (χ2n) is 8.38. The molecular weight excluding hydrogens is 404 g/mol. The lowest BCUT2D eigenvalue weighted by Gasteiger charge is -2.38. The van der Waals surface area contributed by atoms with E-state index in [-0.39, 0.29) is 17.2 Å². The molecule has 1 saturated carbocycles. The maximum Gasteiger partial charge on any atom is 0.214 e. The van der Waals surface area contributed by atoms with E-state index in [1.807, 2.05) is 25.3 Å². The molecule has 2 aliphatic rings. The maximum atomic E-state index is 12.3. The van der Waals surface area contributed by atoms with Crippen LogP contribution in [-0.2, 0) is 15.4 Å². The molecule has 1 aliphatic carbocycles. The van der Waals surface area contributed by atoms with Crippen LogP contribution in [0.5, 0.6) is 0 Å². The number of piperidine rings is 1. The first-order chi connectivity index (χ1) is 14.0. The molecule has 8 heteroatoms. The van der Waals surface area contributed by atoms with Gasteiger partial charge >= 0.3 is 0 Å². The predicted octanol–water partition coefficient (Wildman–Crippen LogP) is 3.32. The van der Waals surface area contributed by atoms with Crippen LogP contribution in [-0.4, -0.2) is 57.2 Å². The minimum Gasteiger partial charge on any atom is -0.355 e. The first-order valence-electron chi connectivity index (χ1n) is 11.0. The van der Waals surface area contributed by atoms with E-state index in [0.717, 1.165) is 25.3 Å². The number of nitrogens with zero attached hydrogens (tertiary/aromatic N) is 2. The lowest BCUT2D eigenvalue weighted by atomic mass is 9.73. The molecule has 0 bridgehead atoms. The summed E-state index contributed by atoms with van der Waals surface area (Å²) in [5.41, 5.74) is 0.210. The topological polar surface area (TPSA) is 73.8 Å². The second-order valence-corrected chi connectivity index (χ2v) is 11.4. The van der Waals surface area contributed by atoms with E-state index in [4.69, 9.17) is 0 Å². The van der Waals surface area contributed by atoms with E-state index >= 15 is 0 Å². The normalized spacial score (nSPS) is 21.8. The Kier molecular flexibility index (Phi) is 7.99.